The fourth-order valence-corrected chi connectivity index (χ4v) is 3.42. The van der Waals surface area contributed by atoms with Gasteiger partial charge in [0.1, 0.15) is 10.8 Å². The van der Waals surface area contributed by atoms with Crippen LogP contribution in [0.2, 0.25) is 0 Å². The van der Waals surface area contributed by atoms with Gasteiger partial charge in [-0.1, -0.05) is 24.3 Å². The molecule has 1 amide bonds. The van der Waals surface area contributed by atoms with Crippen LogP contribution in [0.3, 0.4) is 0 Å². The number of rotatable bonds is 9. The zero-order chi connectivity index (χ0) is 19.8. The van der Waals surface area contributed by atoms with Crippen molar-refractivity contribution in [2.75, 3.05) is 27.4 Å². The molecule has 0 fully saturated rings. The Hall–Kier alpha value is -3.06. The molecule has 0 aliphatic rings. The van der Waals surface area contributed by atoms with E-state index >= 15 is 0 Å². The molecule has 0 saturated heterocycles. The molecule has 3 rings (SSSR count). The number of hydrogen-bond donors (Lipinski definition) is 1. The van der Waals surface area contributed by atoms with Crippen molar-refractivity contribution < 1.29 is 19.0 Å². The number of nitrogens with one attached hydrogen (secondary N) is 1. The maximum atomic E-state index is 12.0. The Bertz CT molecular complexity index is 926. The minimum Gasteiger partial charge on any atom is -0.497 e. The highest BCUT2D eigenvalue weighted by molar-refractivity contribution is 7.13. The van der Waals surface area contributed by atoms with Crippen LogP contribution in [0.1, 0.15) is 5.69 Å². The number of hydrogen-bond acceptors (Lipinski definition) is 6. The summed E-state index contributed by atoms with van der Waals surface area (Å²) in [6, 6.07) is 15.0. The Labute approximate surface area is 168 Å². The van der Waals surface area contributed by atoms with Gasteiger partial charge in [0.05, 0.1) is 19.9 Å². The number of methoxy groups -OCH3 is 2. The van der Waals surface area contributed by atoms with E-state index in [1.165, 1.54) is 0 Å². The van der Waals surface area contributed by atoms with Crippen LogP contribution >= 0.6 is 11.3 Å². The molecule has 0 unspecified atom stereocenters. The molecule has 7 heteroatoms. The van der Waals surface area contributed by atoms with Crippen molar-refractivity contribution >= 4 is 17.2 Å². The lowest BCUT2D eigenvalue weighted by Crippen LogP contribution is -2.30. The van der Waals surface area contributed by atoms with E-state index in [-0.39, 0.29) is 12.5 Å². The number of aromatic nitrogens is 1. The summed E-state index contributed by atoms with van der Waals surface area (Å²) in [5.74, 6) is 1.76. The maximum Gasteiger partial charge on any atom is 0.257 e. The molecule has 0 aliphatic heterocycles. The van der Waals surface area contributed by atoms with Gasteiger partial charge in [0.2, 0.25) is 0 Å². The highest BCUT2D eigenvalue weighted by Crippen LogP contribution is 2.27. The molecule has 0 atom stereocenters. The Morgan fingerprint density at radius 3 is 2.68 bits per heavy atom. The predicted octanol–water partition coefficient (Wildman–Crippen LogP) is 3.57. The van der Waals surface area contributed by atoms with Gasteiger partial charge in [0, 0.05) is 23.9 Å². The van der Waals surface area contributed by atoms with Crippen LogP contribution in [0.5, 0.6) is 17.2 Å². The number of ether oxygens (including phenoxy) is 3. The maximum absolute atomic E-state index is 12.0. The van der Waals surface area contributed by atoms with Gasteiger partial charge in [-0.15, -0.1) is 11.3 Å². The largest absolute Gasteiger partial charge is 0.497 e. The van der Waals surface area contributed by atoms with Crippen LogP contribution in [0, 0.1) is 0 Å². The molecule has 2 aromatic carbocycles. The van der Waals surface area contributed by atoms with Crippen molar-refractivity contribution in [1.29, 1.82) is 0 Å². The van der Waals surface area contributed by atoms with Gasteiger partial charge in [0.25, 0.3) is 5.91 Å². The van der Waals surface area contributed by atoms with Crippen molar-refractivity contribution in [1.82, 2.24) is 10.3 Å². The lowest BCUT2D eigenvalue weighted by Gasteiger charge is -2.10. The highest BCUT2D eigenvalue weighted by atomic mass is 32.1. The molecule has 3 aromatic rings. The summed E-state index contributed by atoms with van der Waals surface area (Å²) < 4.78 is 16.0. The van der Waals surface area contributed by atoms with Gasteiger partial charge < -0.3 is 19.5 Å². The SMILES string of the molecule is COc1cccc(-c2nc(CCNC(=O)COc3ccccc3OC)cs2)c1. The van der Waals surface area contributed by atoms with E-state index in [4.69, 9.17) is 14.2 Å². The first-order chi connectivity index (χ1) is 13.7. The molecule has 0 spiro atoms. The van der Waals surface area contributed by atoms with Gasteiger partial charge in [0.15, 0.2) is 18.1 Å². The third kappa shape index (κ3) is 5.23. The van der Waals surface area contributed by atoms with Crippen molar-refractivity contribution in [2.24, 2.45) is 0 Å². The molecule has 6 nitrogen and oxygen atoms in total. The van der Waals surface area contributed by atoms with Crippen LogP contribution in [0.25, 0.3) is 10.6 Å². The quantitative estimate of drug-likeness (QED) is 0.597. The van der Waals surface area contributed by atoms with Crippen molar-refractivity contribution in [3.63, 3.8) is 0 Å². The average Bonchev–Trinajstić information content (AvgIpc) is 3.21. The summed E-state index contributed by atoms with van der Waals surface area (Å²) in [6.45, 7) is 0.432. The smallest absolute Gasteiger partial charge is 0.257 e. The lowest BCUT2D eigenvalue weighted by atomic mass is 10.2. The van der Waals surface area contributed by atoms with Crippen LogP contribution in [-0.2, 0) is 11.2 Å². The monoisotopic (exact) mass is 398 g/mol. The molecule has 146 valence electrons. The third-order valence-corrected chi connectivity index (χ3v) is 4.94. The van der Waals surface area contributed by atoms with Gasteiger partial charge in [-0.3, -0.25) is 4.79 Å². The second-order valence-electron chi connectivity index (χ2n) is 5.92. The lowest BCUT2D eigenvalue weighted by molar-refractivity contribution is -0.123. The first-order valence-electron chi connectivity index (χ1n) is 8.81. The van der Waals surface area contributed by atoms with Crippen LogP contribution in [0.15, 0.2) is 53.9 Å². The van der Waals surface area contributed by atoms with Gasteiger partial charge in [-0.05, 0) is 24.3 Å². The van der Waals surface area contributed by atoms with Crippen molar-refractivity contribution in [3.05, 3.63) is 59.6 Å². The van der Waals surface area contributed by atoms with Gasteiger partial charge >= 0.3 is 0 Å². The van der Waals surface area contributed by atoms with E-state index < -0.39 is 0 Å². The van der Waals surface area contributed by atoms with Crippen molar-refractivity contribution in [2.45, 2.75) is 6.42 Å². The predicted molar refractivity (Wildman–Crippen MR) is 109 cm³/mol. The topological polar surface area (TPSA) is 69.7 Å². The Kier molecular flexibility index (Phi) is 6.86. The van der Waals surface area contributed by atoms with Crippen molar-refractivity contribution in [3.8, 4) is 27.8 Å². The number of thiazole rings is 1. The normalized spacial score (nSPS) is 10.4. The van der Waals surface area contributed by atoms with Crippen LogP contribution < -0.4 is 19.5 Å². The fourth-order valence-electron chi connectivity index (χ4n) is 2.57. The highest BCUT2D eigenvalue weighted by Gasteiger charge is 2.08. The molecular formula is C21H22N2O4S. The van der Waals surface area contributed by atoms with Crippen LogP contribution in [0.4, 0.5) is 0 Å². The third-order valence-electron chi connectivity index (χ3n) is 4.00. The number of benzene rings is 2. The molecule has 0 radical (unpaired) electrons. The van der Waals surface area contributed by atoms with E-state index in [1.54, 1.807) is 37.7 Å². The first kappa shape index (κ1) is 19.7. The Morgan fingerprint density at radius 2 is 1.89 bits per heavy atom. The zero-order valence-electron chi connectivity index (χ0n) is 15.8. The summed E-state index contributed by atoms with van der Waals surface area (Å²) >= 11 is 1.57. The summed E-state index contributed by atoms with van der Waals surface area (Å²) in [5, 5.41) is 5.78. The summed E-state index contributed by atoms with van der Waals surface area (Å²) in [5.41, 5.74) is 1.96. The van der Waals surface area contributed by atoms with Crippen LogP contribution in [-0.4, -0.2) is 38.3 Å². The molecule has 0 bridgehead atoms. The number of para-hydroxylation sites is 2. The molecule has 1 heterocycles. The second kappa shape index (κ2) is 9.75. The zero-order valence-corrected chi connectivity index (χ0v) is 16.6. The number of nitrogens with zero attached hydrogens (tertiary/aromatic N) is 1. The summed E-state index contributed by atoms with van der Waals surface area (Å²) in [6.07, 6.45) is 0.654. The van der Waals surface area contributed by atoms with Gasteiger partial charge in [-0.2, -0.15) is 0 Å². The summed E-state index contributed by atoms with van der Waals surface area (Å²) in [4.78, 5) is 16.6. The minimum atomic E-state index is -0.186. The standard InChI is InChI=1S/C21H22N2O4S/c1-25-17-7-5-6-15(12-17)21-23-16(14-28-21)10-11-22-20(24)13-27-19-9-4-3-8-18(19)26-2/h3-9,12,14H,10-11,13H2,1-2H3,(H,22,24). The molecule has 1 aromatic heterocycles. The van der Waals surface area contributed by atoms with E-state index in [0.717, 1.165) is 22.0 Å². The second-order valence-corrected chi connectivity index (χ2v) is 6.77. The van der Waals surface area contributed by atoms with E-state index in [1.807, 2.05) is 41.8 Å². The Balaban J connectivity index is 1.46. The summed E-state index contributed by atoms with van der Waals surface area (Å²) in [7, 11) is 3.21. The molecule has 0 aliphatic carbocycles. The van der Waals surface area contributed by atoms with E-state index in [9.17, 15) is 4.79 Å². The minimum absolute atomic E-state index is 0.0630. The fraction of sp³-hybridized carbons (Fsp3) is 0.238. The molecular weight excluding hydrogens is 376 g/mol. The number of amides is 1. The number of carbonyl (C=O) groups excluding carboxylic acids is 1. The molecule has 1 N–H and O–H groups in total. The number of carbonyl (C=O) groups is 1. The Morgan fingerprint density at radius 1 is 1.07 bits per heavy atom. The van der Waals surface area contributed by atoms with E-state index in [0.29, 0.717) is 24.5 Å². The van der Waals surface area contributed by atoms with E-state index in [2.05, 4.69) is 10.3 Å². The molecule has 0 saturated carbocycles. The van der Waals surface area contributed by atoms with Gasteiger partial charge in [-0.25, -0.2) is 4.98 Å². The average molecular weight is 398 g/mol. The first-order valence-corrected chi connectivity index (χ1v) is 9.69. The molecule has 28 heavy (non-hydrogen) atoms.